The molecule has 0 saturated heterocycles. The molecule has 0 amide bonds. The lowest BCUT2D eigenvalue weighted by Crippen LogP contribution is -2.13. The summed E-state index contributed by atoms with van der Waals surface area (Å²) in [5.74, 6) is 0.0886. The molecule has 1 heterocycles. The summed E-state index contributed by atoms with van der Waals surface area (Å²) in [6.45, 7) is 0. The van der Waals surface area contributed by atoms with Crippen molar-refractivity contribution in [1.82, 2.24) is 9.97 Å². The van der Waals surface area contributed by atoms with E-state index in [1.165, 1.54) is 6.33 Å². The number of azo groups is 1. The van der Waals surface area contributed by atoms with Crippen LogP contribution in [0.15, 0.2) is 101 Å². The fourth-order valence-corrected chi connectivity index (χ4v) is 2.75. The molecular formula is C22H18N8O2. The van der Waals surface area contributed by atoms with Gasteiger partial charge in [0.15, 0.2) is 0 Å². The Morgan fingerprint density at radius 2 is 1.28 bits per heavy atom. The van der Waals surface area contributed by atoms with Crippen LogP contribution < -0.4 is 16.2 Å². The summed E-state index contributed by atoms with van der Waals surface area (Å²) in [5.41, 5.74) is 8.09. The number of para-hydroxylation sites is 1. The molecule has 0 bridgehead atoms. The van der Waals surface area contributed by atoms with Gasteiger partial charge in [-0.2, -0.15) is 10.2 Å². The van der Waals surface area contributed by atoms with Gasteiger partial charge in [0.25, 0.3) is 0 Å². The van der Waals surface area contributed by atoms with E-state index in [1.807, 2.05) is 60.7 Å². The van der Waals surface area contributed by atoms with E-state index in [0.29, 0.717) is 11.4 Å². The van der Waals surface area contributed by atoms with Crippen LogP contribution in [-0.2, 0) is 0 Å². The van der Waals surface area contributed by atoms with Gasteiger partial charge < -0.3 is 5.32 Å². The third-order valence-corrected chi connectivity index (χ3v) is 4.27. The van der Waals surface area contributed by atoms with Crippen molar-refractivity contribution in [3.8, 4) is 0 Å². The fourth-order valence-electron chi connectivity index (χ4n) is 2.75. The van der Waals surface area contributed by atoms with Gasteiger partial charge in [0.05, 0.1) is 22.0 Å². The molecule has 3 aromatic carbocycles. The molecule has 3 N–H and O–H groups in total. The SMILES string of the molecule is O=[N+]([O-])c1c(NNc2ccccc2)ncnc1Nc1ccc(N=Nc2ccccc2)cc1. The van der Waals surface area contributed by atoms with E-state index in [1.54, 1.807) is 24.3 Å². The lowest BCUT2D eigenvalue weighted by Gasteiger charge is -2.11. The van der Waals surface area contributed by atoms with Gasteiger partial charge in [0.1, 0.15) is 6.33 Å². The van der Waals surface area contributed by atoms with Crippen LogP contribution in [0.5, 0.6) is 0 Å². The highest BCUT2D eigenvalue weighted by atomic mass is 16.6. The Bertz CT molecular complexity index is 1220. The van der Waals surface area contributed by atoms with Crippen LogP contribution in [0.25, 0.3) is 0 Å². The normalized spacial score (nSPS) is 10.6. The molecule has 0 saturated carbocycles. The van der Waals surface area contributed by atoms with Gasteiger partial charge in [-0.05, 0) is 48.5 Å². The molecule has 0 unspecified atom stereocenters. The summed E-state index contributed by atoms with van der Waals surface area (Å²) >= 11 is 0. The number of hydrazine groups is 1. The van der Waals surface area contributed by atoms with Gasteiger partial charge in [-0.15, -0.1) is 0 Å². The smallest absolute Gasteiger partial charge is 0.334 e. The highest BCUT2D eigenvalue weighted by Crippen LogP contribution is 2.31. The molecule has 4 aromatic rings. The van der Waals surface area contributed by atoms with Crippen molar-refractivity contribution in [1.29, 1.82) is 0 Å². The second kappa shape index (κ2) is 9.76. The summed E-state index contributed by atoms with van der Waals surface area (Å²) in [4.78, 5) is 19.2. The Kier molecular flexibility index (Phi) is 6.23. The molecular weight excluding hydrogens is 408 g/mol. The van der Waals surface area contributed by atoms with Crippen LogP contribution in [0.4, 0.5) is 40.1 Å². The topological polar surface area (TPSA) is 130 Å². The van der Waals surface area contributed by atoms with E-state index in [2.05, 4.69) is 36.4 Å². The fraction of sp³-hybridized carbons (Fsp3) is 0. The molecule has 4 rings (SSSR count). The first kappa shape index (κ1) is 20.4. The van der Waals surface area contributed by atoms with Gasteiger partial charge in [-0.1, -0.05) is 36.4 Å². The maximum Gasteiger partial charge on any atom is 0.355 e. The highest BCUT2D eigenvalue weighted by molar-refractivity contribution is 5.74. The van der Waals surface area contributed by atoms with Crippen LogP contribution in [0.3, 0.4) is 0 Å². The lowest BCUT2D eigenvalue weighted by atomic mass is 10.3. The zero-order valence-electron chi connectivity index (χ0n) is 16.7. The average molecular weight is 426 g/mol. The summed E-state index contributed by atoms with van der Waals surface area (Å²) < 4.78 is 0. The Morgan fingerprint density at radius 3 is 1.94 bits per heavy atom. The summed E-state index contributed by atoms with van der Waals surface area (Å²) in [6.07, 6.45) is 1.24. The van der Waals surface area contributed by atoms with Crippen molar-refractivity contribution in [3.05, 3.63) is 101 Å². The molecule has 0 radical (unpaired) electrons. The van der Waals surface area contributed by atoms with Crippen molar-refractivity contribution < 1.29 is 4.92 Å². The molecule has 158 valence electrons. The van der Waals surface area contributed by atoms with Gasteiger partial charge in [0, 0.05) is 5.69 Å². The van der Waals surface area contributed by atoms with Crippen LogP contribution in [0.1, 0.15) is 0 Å². The van der Waals surface area contributed by atoms with E-state index >= 15 is 0 Å². The minimum Gasteiger partial charge on any atom is -0.334 e. The van der Waals surface area contributed by atoms with E-state index in [0.717, 1.165) is 11.4 Å². The molecule has 1 aromatic heterocycles. The first-order valence-electron chi connectivity index (χ1n) is 9.59. The molecule has 0 aliphatic carbocycles. The van der Waals surface area contributed by atoms with Crippen LogP contribution >= 0.6 is 0 Å². The Morgan fingerprint density at radius 1 is 0.688 bits per heavy atom. The molecule has 10 nitrogen and oxygen atoms in total. The maximum absolute atomic E-state index is 11.7. The quantitative estimate of drug-likeness (QED) is 0.179. The predicted molar refractivity (Wildman–Crippen MR) is 123 cm³/mol. The van der Waals surface area contributed by atoms with Gasteiger partial charge >= 0.3 is 5.69 Å². The zero-order valence-corrected chi connectivity index (χ0v) is 16.7. The van der Waals surface area contributed by atoms with E-state index in [9.17, 15) is 10.1 Å². The van der Waals surface area contributed by atoms with Crippen LogP contribution in [-0.4, -0.2) is 14.9 Å². The van der Waals surface area contributed by atoms with Crippen molar-refractivity contribution >= 4 is 40.1 Å². The lowest BCUT2D eigenvalue weighted by molar-refractivity contribution is -0.383. The number of aromatic nitrogens is 2. The Balaban J connectivity index is 1.49. The first-order chi connectivity index (χ1) is 15.7. The number of nitro groups is 1. The largest absolute Gasteiger partial charge is 0.355 e. The predicted octanol–water partition coefficient (Wildman–Crippen LogP) is 5.98. The van der Waals surface area contributed by atoms with Crippen molar-refractivity contribution in [2.75, 3.05) is 16.2 Å². The molecule has 0 spiro atoms. The summed E-state index contributed by atoms with van der Waals surface area (Å²) in [5, 5.41) is 23.0. The third-order valence-electron chi connectivity index (χ3n) is 4.27. The third kappa shape index (κ3) is 5.19. The van der Waals surface area contributed by atoms with Gasteiger partial charge in [0.2, 0.25) is 11.6 Å². The van der Waals surface area contributed by atoms with E-state index in [4.69, 9.17) is 0 Å². The van der Waals surface area contributed by atoms with E-state index < -0.39 is 4.92 Å². The first-order valence-corrected chi connectivity index (χ1v) is 9.59. The minimum atomic E-state index is -0.542. The number of hydrogen-bond acceptors (Lipinski definition) is 9. The van der Waals surface area contributed by atoms with E-state index in [-0.39, 0.29) is 17.3 Å². The van der Waals surface area contributed by atoms with Crippen LogP contribution in [0, 0.1) is 10.1 Å². The second-order valence-electron chi connectivity index (χ2n) is 6.50. The number of nitrogens with one attached hydrogen (secondary N) is 3. The highest BCUT2D eigenvalue weighted by Gasteiger charge is 2.23. The monoisotopic (exact) mass is 426 g/mol. The van der Waals surface area contributed by atoms with Gasteiger partial charge in [-0.3, -0.25) is 21.0 Å². The minimum absolute atomic E-state index is 0.0321. The van der Waals surface area contributed by atoms with Crippen molar-refractivity contribution in [2.24, 2.45) is 10.2 Å². The molecule has 10 heteroatoms. The number of hydrogen-bond donors (Lipinski definition) is 3. The average Bonchev–Trinajstić information content (AvgIpc) is 2.83. The van der Waals surface area contributed by atoms with Crippen molar-refractivity contribution in [3.63, 3.8) is 0 Å². The second-order valence-corrected chi connectivity index (χ2v) is 6.50. The number of rotatable bonds is 8. The summed E-state index contributed by atoms with van der Waals surface area (Å²) in [6, 6.07) is 25.5. The standard InChI is InChI=1S/C22H18N8O2/c31-30(32)20-21(23-15-24-22(20)29-28-18-9-5-2-6-10-18)25-16-11-13-19(14-12-16)27-26-17-7-3-1-4-8-17/h1-15,28H,(H2,23,24,25,29). The number of benzene rings is 3. The number of nitrogens with zero attached hydrogens (tertiary/aromatic N) is 5. The molecule has 32 heavy (non-hydrogen) atoms. The molecule has 0 aliphatic heterocycles. The van der Waals surface area contributed by atoms with Crippen molar-refractivity contribution in [2.45, 2.75) is 0 Å². The number of anilines is 4. The van der Waals surface area contributed by atoms with Crippen LogP contribution in [0.2, 0.25) is 0 Å². The summed E-state index contributed by atoms with van der Waals surface area (Å²) in [7, 11) is 0. The maximum atomic E-state index is 11.7. The molecule has 0 aliphatic rings. The van der Waals surface area contributed by atoms with Gasteiger partial charge in [-0.25, -0.2) is 9.97 Å². The Labute approximate surface area is 183 Å². The Hall–Kier alpha value is -4.86. The molecule has 0 atom stereocenters. The zero-order chi connectivity index (χ0) is 22.2. The molecule has 0 fully saturated rings.